The summed E-state index contributed by atoms with van der Waals surface area (Å²) in [5.74, 6) is -1.79. The number of esters is 2. The third-order valence-corrected chi connectivity index (χ3v) is 11.8. The molecule has 0 spiro atoms. The van der Waals surface area contributed by atoms with Crippen molar-refractivity contribution in [2.45, 2.75) is 90.5 Å². The number of ether oxygens (including phenoxy) is 3. The zero-order chi connectivity index (χ0) is 28.6. The first-order chi connectivity index (χ1) is 17.5. The molecule has 1 fully saturated rings. The predicted octanol–water partition coefficient (Wildman–Crippen LogP) is 3.80. The standard InChI is InChI=1S/C26H39N5O6Si/c1-15(2)23(32)35-20-19(17-10-11-18-22(28)29-14-30-31(17)18)37-26(12-27,21(20)36-24(33)16(3)4)13-34-38(8,9)25(5,6)7/h10-11,14-16,19-21H,13H2,1-9H3,(H2,28,29,30)/t19-,20-,21-,26+/m0/s1. The van der Waals surface area contributed by atoms with Gasteiger partial charge in [0.2, 0.25) is 5.60 Å². The summed E-state index contributed by atoms with van der Waals surface area (Å²) < 4.78 is 26.2. The van der Waals surface area contributed by atoms with E-state index in [2.05, 4.69) is 50.0 Å². The molecule has 38 heavy (non-hydrogen) atoms. The average Bonchev–Trinajstić information content (AvgIpc) is 3.38. The highest BCUT2D eigenvalue weighted by molar-refractivity contribution is 6.74. The summed E-state index contributed by atoms with van der Waals surface area (Å²) in [7, 11) is -2.36. The number of nitrogen functional groups attached to an aromatic ring is 1. The number of hydrogen-bond donors (Lipinski definition) is 1. The molecule has 1 aliphatic rings. The van der Waals surface area contributed by atoms with Gasteiger partial charge < -0.3 is 24.4 Å². The van der Waals surface area contributed by atoms with E-state index in [9.17, 15) is 14.9 Å². The predicted molar refractivity (Wildman–Crippen MR) is 142 cm³/mol. The fourth-order valence-corrected chi connectivity index (χ4v) is 4.77. The van der Waals surface area contributed by atoms with Gasteiger partial charge in [-0.25, -0.2) is 9.50 Å². The number of carbonyl (C=O) groups excluding carboxylic acids is 2. The molecule has 0 bridgehead atoms. The second-order valence-corrected chi connectivity index (χ2v) is 16.7. The van der Waals surface area contributed by atoms with Gasteiger partial charge in [-0.1, -0.05) is 48.5 Å². The van der Waals surface area contributed by atoms with E-state index in [0.717, 1.165) is 0 Å². The Morgan fingerprint density at radius 1 is 1.18 bits per heavy atom. The fourth-order valence-electron chi connectivity index (χ4n) is 3.76. The van der Waals surface area contributed by atoms with Gasteiger partial charge in [0.15, 0.2) is 26.3 Å². The molecule has 4 atom stereocenters. The summed E-state index contributed by atoms with van der Waals surface area (Å²) >= 11 is 0. The zero-order valence-corrected chi connectivity index (χ0v) is 24.6. The topological polar surface area (TPSA) is 151 Å². The number of carbonyl (C=O) groups is 2. The highest BCUT2D eigenvalue weighted by Crippen LogP contribution is 2.46. The van der Waals surface area contributed by atoms with E-state index < -0.39 is 56.0 Å². The molecule has 12 heteroatoms. The van der Waals surface area contributed by atoms with Crippen molar-refractivity contribution in [1.82, 2.24) is 14.6 Å². The van der Waals surface area contributed by atoms with Crippen molar-refractivity contribution >= 4 is 31.6 Å². The van der Waals surface area contributed by atoms with E-state index in [1.54, 1.807) is 39.8 Å². The number of nitrogens with zero attached hydrogens (tertiary/aromatic N) is 4. The first-order valence-electron chi connectivity index (χ1n) is 12.8. The molecule has 0 aromatic carbocycles. The van der Waals surface area contributed by atoms with Crippen molar-refractivity contribution in [3.63, 3.8) is 0 Å². The van der Waals surface area contributed by atoms with Gasteiger partial charge in [0.1, 0.15) is 24.0 Å². The first-order valence-corrected chi connectivity index (χ1v) is 15.7. The average molecular weight is 546 g/mol. The molecule has 0 radical (unpaired) electrons. The molecule has 0 aliphatic carbocycles. The van der Waals surface area contributed by atoms with Gasteiger partial charge in [0.05, 0.1) is 24.1 Å². The lowest BCUT2D eigenvalue weighted by Crippen LogP contribution is -2.53. The van der Waals surface area contributed by atoms with E-state index >= 15 is 0 Å². The lowest BCUT2D eigenvalue weighted by atomic mass is 9.95. The van der Waals surface area contributed by atoms with Crippen LogP contribution in [0.3, 0.4) is 0 Å². The minimum Gasteiger partial charge on any atom is -0.455 e. The van der Waals surface area contributed by atoms with Gasteiger partial charge in [0, 0.05) is 0 Å². The van der Waals surface area contributed by atoms with Gasteiger partial charge in [-0.2, -0.15) is 10.4 Å². The second-order valence-electron chi connectivity index (χ2n) is 11.9. The Kier molecular flexibility index (Phi) is 8.26. The molecule has 208 valence electrons. The minimum atomic E-state index is -2.36. The Labute approximate surface area is 224 Å². The van der Waals surface area contributed by atoms with Crippen LogP contribution in [0.2, 0.25) is 18.1 Å². The molecule has 2 N–H and O–H groups in total. The van der Waals surface area contributed by atoms with E-state index in [1.165, 1.54) is 10.8 Å². The minimum absolute atomic E-state index is 0.151. The Hall–Kier alpha value is -3.01. The number of nitriles is 1. The van der Waals surface area contributed by atoms with E-state index in [4.69, 9.17) is 24.4 Å². The highest BCUT2D eigenvalue weighted by atomic mass is 28.4. The fraction of sp³-hybridized carbons (Fsp3) is 0.654. The van der Waals surface area contributed by atoms with Crippen LogP contribution >= 0.6 is 0 Å². The molecular weight excluding hydrogens is 506 g/mol. The van der Waals surface area contributed by atoms with E-state index in [0.29, 0.717) is 11.2 Å². The van der Waals surface area contributed by atoms with Crippen LogP contribution in [0.15, 0.2) is 18.5 Å². The summed E-state index contributed by atoms with van der Waals surface area (Å²) in [5, 5.41) is 14.7. The van der Waals surface area contributed by atoms with Crippen LogP contribution < -0.4 is 5.73 Å². The number of rotatable bonds is 8. The van der Waals surface area contributed by atoms with Crippen LogP contribution in [0.1, 0.15) is 60.3 Å². The summed E-state index contributed by atoms with van der Waals surface area (Å²) in [5.41, 5.74) is 5.26. The Balaban J connectivity index is 2.17. The van der Waals surface area contributed by atoms with Gasteiger partial charge in [0.25, 0.3) is 0 Å². The molecule has 2 aromatic rings. The van der Waals surface area contributed by atoms with Crippen LogP contribution in [-0.2, 0) is 28.2 Å². The maximum absolute atomic E-state index is 12.9. The van der Waals surface area contributed by atoms with Crippen molar-refractivity contribution in [2.24, 2.45) is 11.8 Å². The van der Waals surface area contributed by atoms with Gasteiger partial charge in [-0.15, -0.1) is 0 Å². The largest absolute Gasteiger partial charge is 0.455 e. The molecule has 0 saturated carbocycles. The van der Waals surface area contributed by atoms with Crippen LogP contribution in [0.5, 0.6) is 0 Å². The summed E-state index contributed by atoms with van der Waals surface area (Å²) in [4.78, 5) is 29.8. The Morgan fingerprint density at radius 3 is 2.34 bits per heavy atom. The number of hydrogen-bond acceptors (Lipinski definition) is 10. The molecule has 1 saturated heterocycles. The Morgan fingerprint density at radius 2 is 1.79 bits per heavy atom. The smallest absolute Gasteiger partial charge is 0.308 e. The summed E-state index contributed by atoms with van der Waals surface area (Å²) in [6.07, 6.45) is -2.12. The number of anilines is 1. The molecule has 0 amide bonds. The number of nitrogens with two attached hydrogens (primary N) is 1. The molecule has 3 rings (SSSR count). The quantitative estimate of drug-likeness (QED) is 0.383. The number of fused-ring (bicyclic) bond motifs is 1. The molecular formula is C26H39N5O6Si. The van der Waals surface area contributed by atoms with Crippen molar-refractivity contribution in [3.8, 4) is 6.07 Å². The van der Waals surface area contributed by atoms with Crippen LogP contribution in [-0.4, -0.2) is 59.3 Å². The highest BCUT2D eigenvalue weighted by Gasteiger charge is 2.62. The van der Waals surface area contributed by atoms with Crippen molar-refractivity contribution in [2.75, 3.05) is 12.3 Å². The van der Waals surface area contributed by atoms with Gasteiger partial charge >= 0.3 is 11.9 Å². The summed E-state index contributed by atoms with van der Waals surface area (Å²) in [6.45, 7) is 16.9. The lowest BCUT2D eigenvalue weighted by molar-refractivity contribution is -0.173. The maximum atomic E-state index is 12.9. The van der Waals surface area contributed by atoms with Crippen molar-refractivity contribution < 1.29 is 28.2 Å². The summed E-state index contributed by atoms with van der Waals surface area (Å²) in [6, 6.07) is 5.64. The van der Waals surface area contributed by atoms with Gasteiger partial charge in [-0.3, -0.25) is 9.59 Å². The molecule has 2 aromatic heterocycles. The molecule has 3 heterocycles. The second kappa shape index (κ2) is 10.6. The lowest BCUT2D eigenvalue weighted by Gasteiger charge is -2.39. The Bertz CT molecular complexity index is 1230. The SMILES string of the molecule is CC(C)C(=O)O[C@H]1[C@H](c2ccc3c(N)ncnn23)O[C@](C#N)(CO[Si](C)(C)C(C)(C)C)[C@H]1OC(=O)C(C)C. The van der Waals surface area contributed by atoms with Gasteiger partial charge in [-0.05, 0) is 30.3 Å². The molecule has 0 unspecified atom stereocenters. The molecule has 1 aliphatic heterocycles. The van der Waals surface area contributed by atoms with Crippen molar-refractivity contribution in [1.29, 1.82) is 5.26 Å². The van der Waals surface area contributed by atoms with Crippen molar-refractivity contribution in [3.05, 3.63) is 24.2 Å². The third kappa shape index (κ3) is 5.55. The van der Waals surface area contributed by atoms with Crippen LogP contribution in [0, 0.1) is 23.2 Å². The monoisotopic (exact) mass is 545 g/mol. The van der Waals surface area contributed by atoms with E-state index in [-0.39, 0.29) is 17.5 Å². The van der Waals surface area contributed by atoms with Crippen LogP contribution in [0.25, 0.3) is 5.52 Å². The third-order valence-electron chi connectivity index (χ3n) is 7.28. The number of aromatic nitrogens is 3. The zero-order valence-electron chi connectivity index (χ0n) is 23.6. The van der Waals surface area contributed by atoms with Crippen LogP contribution in [0.4, 0.5) is 5.82 Å². The first kappa shape index (κ1) is 29.5. The maximum Gasteiger partial charge on any atom is 0.308 e. The van der Waals surface area contributed by atoms with E-state index in [1.807, 2.05) is 0 Å². The normalized spacial score (nSPS) is 24.1. The molecule has 11 nitrogen and oxygen atoms in total.